The summed E-state index contributed by atoms with van der Waals surface area (Å²) in [5.41, 5.74) is 8.34. The number of nitrogens with one attached hydrogen (secondary N) is 1. The zero-order chi connectivity index (χ0) is 13.8. The highest BCUT2D eigenvalue weighted by molar-refractivity contribution is 5.61. The third-order valence-electron chi connectivity index (χ3n) is 2.59. The molecule has 2 aromatic rings. The fraction of sp³-hybridized carbons (Fsp3) is 0.267. The summed E-state index contributed by atoms with van der Waals surface area (Å²) in [6, 6.07) is 9.71. The Balaban J connectivity index is 2.10. The van der Waals surface area contributed by atoms with Crippen molar-refractivity contribution in [3.05, 3.63) is 42.1 Å². The van der Waals surface area contributed by atoms with E-state index in [1.807, 2.05) is 51.1 Å². The van der Waals surface area contributed by atoms with E-state index in [9.17, 15) is 0 Å². The standard InChI is InChI=1S/C15H19N3O/c1-10(2)19-14-6-4-13(5-7-14)18-15-11(3)8-12(16)9-17-15/h4-10H,16H2,1-3H3,(H,17,18). The van der Waals surface area contributed by atoms with Crippen molar-refractivity contribution in [3.63, 3.8) is 0 Å². The van der Waals surface area contributed by atoms with E-state index in [4.69, 9.17) is 10.5 Å². The molecule has 3 N–H and O–H groups in total. The third-order valence-corrected chi connectivity index (χ3v) is 2.59. The van der Waals surface area contributed by atoms with Crippen LogP contribution in [-0.2, 0) is 0 Å². The predicted octanol–water partition coefficient (Wildman–Crippen LogP) is 3.50. The zero-order valence-corrected chi connectivity index (χ0v) is 11.5. The first kappa shape index (κ1) is 13.2. The zero-order valence-electron chi connectivity index (χ0n) is 11.5. The van der Waals surface area contributed by atoms with Gasteiger partial charge in [0.15, 0.2) is 0 Å². The lowest BCUT2D eigenvalue weighted by Gasteiger charge is -2.12. The summed E-state index contributed by atoms with van der Waals surface area (Å²) < 4.78 is 5.60. The van der Waals surface area contributed by atoms with Crippen molar-refractivity contribution in [2.45, 2.75) is 26.9 Å². The van der Waals surface area contributed by atoms with Crippen LogP contribution < -0.4 is 15.8 Å². The van der Waals surface area contributed by atoms with Gasteiger partial charge in [-0.1, -0.05) is 0 Å². The van der Waals surface area contributed by atoms with Gasteiger partial charge in [-0.2, -0.15) is 0 Å². The number of aromatic nitrogens is 1. The number of nitrogen functional groups attached to an aromatic ring is 1. The molecule has 1 heterocycles. The van der Waals surface area contributed by atoms with Gasteiger partial charge in [0, 0.05) is 5.69 Å². The molecule has 100 valence electrons. The Morgan fingerprint density at radius 2 is 1.89 bits per heavy atom. The van der Waals surface area contributed by atoms with E-state index in [0.717, 1.165) is 22.8 Å². The first-order chi connectivity index (χ1) is 9.04. The molecule has 0 saturated heterocycles. The second-order valence-corrected chi connectivity index (χ2v) is 4.75. The van der Waals surface area contributed by atoms with Crippen molar-refractivity contribution in [1.82, 2.24) is 4.98 Å². The number of aryl methyl sites for hydroxylation is 1. The monoisotopic (exact) mass is 257 g/mol. The fourth-order valence-electron chi connectivity index (χ4n) is 1.75. The van der Waals surface area contributed by atoms with E-state index in [0.29, 0.717) is 5.69 Å². The summed E-state index contributed by atoms with van der Waals surface area (Å²) in [6.45, 7) is 5.99. The number of nitrogens with two attached hydrogens (primary N) is 1. The topological polar surface area (TPSA) is 60.2 Å². The second kappa shape index (κ2) is 5.61. The first-order valence-corrected chi connectivity index (χ1v) is 6.30. The van der Waals surface area contributed by atoms with Crippen LogP contribution in [-0.4, -0.2) is 11.1 Å². The molecule has 1 aromatic carbocycles. The molecule has 0 aliphatic rings. The molecule has 0 saturated carbocycles. The Hall–Kier alpha value is -2.23. The smallest absolute Gasteiger partial charge is 0.133 e. The molecule has 0 radical (unpaired) electrons. The Morgan fingerprint density at radius 1 is 1.21 bits per heavy atom. The van der Waals surface area contributed by atoms with Crippen molar-refractivity contribution in [2.24, 2.45) is 0 Å². The van der Waals surface area contributed by atoms with Crippen molar-refractivity contribution in [3.8, 4) is 5.75 Å². The van der Waals surface area contributed by atoms with Gasteiger partial charge in [0.1, 0.15) is 11.6 Å². The molecule has 0 aliphatic carbocycles. The minimum absolute atomic E-state index is 0.180. The van der Waals surface area contributed by atoms with Crippen LogP contribution in [0.25, 0.3) is 0 Å². The molecule has 19 heavy (non-hydrogen) atoms. The number of rotatable bonds is 4. The molecule has 2 rings (SSSR count). The molecule has 0 spiro atoms. The van der Waals surface area contributed by atoms with Gasteiger partial charge >= 0.3 is 0 Å². The number of anilines is 3. The summed E-state index contributed by atoms with van der Waals surface area (Å²) in [4.78, 5) is 4.28. The predicted molar refractivity (Wildman–Crippen MR) is 78.9 cm³/mol. The lowest BCUT2D eigenvalue weighted by molar-refractivity contribution is 0.242. The summed E-state index contributed by atoms with van der Waals surface area (Å²) in [6.07, 6.45) is 1.82. The average Bonchev–Trinajstić information content (AvgIpc) is 2.34. The number of benzene rings is 1. The Labute approximate surface area is 113 Å². The van der Waals surface area contributed by atoms with Crippen LogP contribution in [0.3, 0.4) is 0 Å². The van der Waals surface area contributed by atoms with E-state index in [2.05, 4.69) is 10.3 Å². The number of hydrogen-bond donors (Lipinski definition) is 2. The maximum atomic E-state index is 5.68. The SMILES string of the molecule is Cc1cc(N)cnc1Nc1ccc(OC(C)C)cc1. The Morgan fingerprint density at radius 3 is 2.47 bits per heavy atom. The summed E-state index contributed by atoms with van der Waals surface area (Å²) in [7, 11) is 0. The van der Waals surface area contributed by atoms with Gasteiger partial charge in [-0.15, -0.1) is 0 Å². The van der Waals surface area contributed by atoms with E-state index in [1.165, 1.54) is 0 Å². The van der Waals surface area contributed by atoms with Crippen LogP contribution in [0.1, 0.15) is 19.4 Å². The lowest BCUT2D eigenvalue weighted by atomic mass is 10.2. The number of nitrogens with zero attached hydrogens (tertiary/aromatic N) is 1. The quantitative estimate of drug-likeness (QED) is 0.880. The van der Waals surface area contributed by atoms with Gasteiger partial charge in [0.05, 0.1) is 18.0 Å². The molecule has 0 aliphatic heterocycles. The Bertz CT molecular complexity index is 550. The molecule has 0 bridgehead atoms. The van der Waals surface area contributed by atoms with Crippen LogP contribution in [0.2, 0.25) is 0 Å². The van der Waals surface area contributed by atoms with Crippen LogP contribution in [0.4, 0.5) is 17.2 Å². The number of hydrogen-bond acceptors (Lipinski definition) is 4. The number of pyridine rings is 1. The van der Waals surface area contributed by atoms with Gasteiger partial charge in [-0.05, 0) is 56.7 Å². The molecular weight excluding hydrogens is 238 g/mol. The summed E-state index contributed by atoms with van der Waals surface area (Å²) >= 11 is 0. The highest BCUT2D eigenvalue weighted by atomic mass is 16.5. The number of ether oxygens (including phenoxy) is 1. The van der Waals surface area contributed by atoms with E-state index in [1.54, 1.807) is 6.20 Å². The van der Waals surface area contributed by atoms with E-state index >= 15 is 0 Å². The molecule has 1 aromatic heterocycles. The minimum atomic E-state index is 0.180. The van der Waals surface area contributed by atoms with Crippen molar-refractivity contribution in [2.75, 3.05) is 11.1 Å². The van der Waals surface area contributed by atoms with Crippen molar-refractivity contribution >= 4 is 17.2 Å². The third kappa shape index (κ3) is 3.61. The van der Waals surface area contributed by atoms with Crippen molar-refractivity contribution in [1.29, 1.82) is 0 Å². The van der Waals surface area contributed by atoms with Gasteiger partial charge in [0.2, 0.25) is 0 Å². The molecule has 0 unspecified atom stereocenters. The molecule has 4 nitrogen and oxygen atoms in total. The maximum Gasteiger partial charge on any atom is 0.133 e. The Kier molecular flexibility index (Phi) is 3.90. The largest absolute Gasteiger partial charge is 0.491 e. The van der Waals surface area contributed by atoms with Crippen LogP contribution in [0.5, 0.6) is 5.75 Å². The van der Waals surface area contributed by atoms with Gasteiger partial charge in [-0.25, -0.2) is 4.98 Å². The molecule has 0 amide bonds. The van der Waals surface area contributed by atoms with E-state index < -0.39 is 0 Å². The lowest BCUT2D eigenvalue weighted by Crippen LogP contribution is -2.05. The van der Waals surface area contributed by atoms with Crippen LogP contribution in [0, 0.1) is 6.92 Å². The normalized spacial score (nSPS) is 10.5. The van der Waals surface area contributed by atoms with Crippen LogP contribution >= 0.6 is 0 Å². The molecule has 0 fully saturated rings. The van der Waals surface area contributed by atoms with Crippen LogP contribution in [0.15, 0.2) is 36.5 Å². The highest BCUT2D eigenvalue weighted by Gasteiger charge is 2.02. The van der Waals surface area contributed by atoms with Crippen molar-refractivity contribution < 1.29 is 4.74 Å². The maximum absolute atomic E-state index is 5.68. The minimum Gasteiger partial charge on any atom is -0.491 e. The molecule has 0 atom stereocenters. The molecular formula is C15H19N3O. The van der Waals surface area contributed by atoms with Gasteiger partial charge in [-0.3, -0.25) is 0 Å². The fourth-order valence-corrected chi connectivity index (χ4v) is 1.75. The highest BCUT2D eigenvalue weighted by Crippen LogP contribution is 2.22. The molecule has 4 heteroatoms. The first-order valence-electron chi connectivity index (χ1n) is 6.30. The average molecular weight is 257 g/mol. The second-order valence-electron chi connectivity index (χ2n) is 4.75. The summed E-state index contributed by atoms with van der Waals surface area (Å²) in [5.74, 6) is 1.68. The van der Waals surface area contributed by atoms with E-state index in [-0.39, 0.29) is 6.10 Å². The van der Waals surface area contributed by atoms with Gasteiger partial charge in [0.25, 0.3) is 0 Å². The summed E-state index contributed by atoms with van der Waals surface area (Å²) in [5, 5.41) is 3.26. The van der Waals surface area contributed by atoms with Gasteiger partial charge < -0.3 is 15.8 Å².